The number of phenols is 1. The van der Waals surface area contributed by atoms with Gasteiger partial charge in [0, 0.05) is 13.0 Å². The van der Waals surface area contributed by atoms with Crippen LogP contribution in [-0.4, -0.2) is 41.5 Å². The Balaban J connectivity index is 2.24. The molecule has 1 fully saturated rings. The molecule has 1 aliphatic heterocycles. The minimum absolute atomic E-state index is 0.108. The minimum Gasteiger partial charge on any atom is -0.508 e. The molecule has 0 radical (unpaired) electrons. The molecule has 92 valence electrons. The molecule has 0 amide bonds. The molecule has 5 heteroatoms. The fourth-order valence-electron chi connectivity index (χ4n) is 1.97. The largest absolute Gasteiger partial charge is 0.508 e. The standard InChI is InChI=1S/C12H15NO4/c14-10-4-2-1-3-9(10)7-12(11(15)16)8-17-6-5-13-12/h1-4,13-14H,5-8H2,(H,15,16). The molecule has 0 spiro atoms. The Labute approximate surface area is 99.0 Å². The SMILES string of the molecule is O=C(O)C1(Cc2ccccc2O)COCCN1. The molecule has 0 saturated carbocycles. The number of morpholine rings is 1. The van der Waals surface area contributed by atoms with Gasteiger partial charge in [-0.25, -0.2) is 0 Å². The molecule has 1 saturated heterocycles. The highest BCUT2D eigenvalue weighted by Crippen LogP contribution is 2.23. The van der Waals surface area contributed by atoms with Crippen LogP contribution in [0.15, 0.2) is 24.3 Å². The van der Waals surface area contributed by atoms with Crippen molar-refractivity contribution < 1.29 is 19.7 Å². The molecule has 3 N–H and O–H groups in total. The molecular weight excluding hydrogens is 222 g/mol. The van der Waals surface area contributed by atoms with Crippen molar-refractivity contribution in [2.24, 2.45) is 0 Å². The van der Waals surface area contributed by atoms with E-state index in [0.717, 1.165) is 0 Å². The smallest absolute Gasteiger partial charge is 0.326 e. The summed E-state index contributed by atoms with van der Waals surface area (Å²) in [7, 11) is 0. The molecule has 1 heterocycles. The number of phenolic OH excluding ortho intramolecular Hbond substituents is 1. The third kappa shape index (κ3) is 2.40. The van der Waals surface area contributed by atoms with E-state index in [0.29, 0.717) is 18.7 Å². The summed E-state index contributed by atoms with van der Waals surface area (Å²) in [5.41, 5.74) is -0.537. The number of aliphatic carboxylic acids is 1. The van der Waals surface area contributed by atoms with Gasteiger partial charge in [-0.1, -0.05) is 18.2 Å². The van der Waals surface area contributed by atoms with E-state index in [1.807, 2.05) is 0 Å². The van der Waals surface area contributed by atoms with E-state index in [-0.39, 0.29) is 18.8 Å². The molecule has 1 atom stereocenters. The lowest BCUT2D eigenvalue weighted by Crippen LogP contribution is -2.61. The molecule has 1 aromatic carbocycles. The number of hydrogen-bond donors (Lipinski definition) is 3. The molecule has 0 bridgehead atoms. The van der Waals surface area contributed by atoms with E-state index in [4.69, 9.17) is 4.74 Å². The van der Waals surface area contributed by atoms with Gasteiger partial charge in [-0.2, -0.15) is 0 Å². The van der Waals surface area contributed by atoms with Gasteiger partial charge in [0.1, 0.15) is 11.3 Å². The lowest BCUT2D eigenvalue weighted by molar-refractivity contribution is -0.150. The lowest BCUT2D eigenvalue weighted by atomic mass is 9.90. The van der Waals surface area contributed by atoms with Gasteiger partial charge in [-0.15, -0.1) is 0 Å². The number of carboxylic acids is 1. The first-order valence-electron chi connectivity index (χ1n) is 5.47. The summed E-state index contributed by atoms with van der Waals surface area (Å²) in [6, 6.07) is 6.75. The Bertz CT molecular complexity index is 413. The van der Waals surface area contributed by atoms with Gasteiger partial charge in [-0.3, -0.25) is 10.1 Å². The van der Waals surface area contributed by atoms with Crippen LogP contribution in [0.1, 0.15) is 5.56 Å². The van der Waals surface area contributed by atoms with Crippen molar-refractivity contribution >= 4 is 5.97 Å². The summed E-state index contributed by atoms with van der Waals surface area (Å²) < 4.78 is 5.23. The van der Waals surface area contributed by atoms with Crippen LogP contribution in [0.25, 0.3) is 0 Å². The van der Waals surface area contributed by atoms with Crippen molar-refractivity contribution in [2.75, 3.05) is 19.8 Å². The second-order valence-corrected chi connectivity index (χ2v) is 4.17. The number of carboxylic acid groups (broad SMARTS) is 1. The van der Waals surface area contributed by atoms with Crippen LogP contribution < -0.4 is 5.32 Å². The summed E-state index contributed by atoms with van der Waals surface area (Å²) in [4.78, 5) is 11.4. The second kappa shape index (κ2) is 4.73. The van der Waals surface area contributed by atoms with Gasteiger partial charge >= 0.3 is 5.97 Å². The van der Waals surface area contributed by atoms with Crippen LogP contribution >= 0.6 is 0 Å². The predicted molar refractivity (Wildman–Crippen MR) is 61.0 cm³/mol. The zero-order chi connectivity index (χ0) is 12.3. The van der Waals surface area contributed by atoms with Crippen molar-refractivity contribution in [3.05, 3.63) is 29.8 Å². The molecule has 0 aromatic heterocycles. The van der Waals surface area contributed by atoms with Crippen molar-refractivity contribution in [3.8, 4) is 5.75 Å². The normalized spacial score (nSPS) is 24.5. The number of rotatable bonds is 3. The van der Waals surface area contributed by atoms with Gasteiger partial charge < -0.3 is 14.9 Å². The fraction of sp³-hybridized carbons (Fsp3) is 0.417. The number of aromatic hydroxyl groups is 1. The van der Waals surface area contributed by atoms with Crippen LogP contribution in [0.3, 0.4) is 0 Å². The molecule has 1 aliphatic rings. The highest BCUT2D eigenvalue weighted by Gasteiger charge is 2.41. The Morgan fingerprint density at radius 3 is 2.82 bits per heavy atom. The second-order valence-electron chi connectivity index (χ2n) is 4.17. The highest BCUT2D eigenvalue weighted by molar-refractivity contribution is 5.80. The Morgan fingerprint density at radius 1 is 1.47 bits per heavy atom. The first-order valence-corrected chi connectivity index (χ1v) is 5.47. The van der Waals surface area contributed by atoms with Crippen molar-refractivity contribution in [1.82, 2.24) is 5.32 Å². The topological polar surface area (TPSA) is 78.8 Å². The Hall–Kier alpha value is -1.59. The number of carbonyl (C=O) groups is 1. The fourth-order valence-corrected chi connectivity index (χ4v) is 1.97. The number of ether oxygens (including phenoxy) is 1. The molecule has 17 heavy (non-hydrogen) atoms. The van der Waals surface area contributed by atoms with Crippen LogP contribution in [0.5, 0.6) is 5.75 Å². The average molecular weight is 237 g/mol. The highest BCUT2D eigenvalue weighted by atomic mass is 16.5. The summed E-state index contributed by atoms with van der Waals surface area (Å²) in [6.07, 6.45) is 0.203. The molecule has 5 nitrogen and oxygen atoms in total. The third-order valence-corrected chi connectivity index (χ3v) is 2.95. The van der Waals surface area contributed by atoms with Gasteiger partial charge in [0.25, 0.3) is 0 Å². The number of benzene rings is 1. The molecule has 1 unspecified atom stereocenters. The van der Waals surface area contributed by atoms with Crippen LogP contribution in [0.4, 0.5) is 0 Å². The van der Waals surface area contributed by atoms with Crippen LogP contribution in [0.2, 0.25) is 0 Å². The number of para-hydroxylation sites is 1. The van der Waals surface area contributed by atoms with Crippen LogP contribution in [0, 0.1) is 0 Å². The van der Waals surface area contributed by atoms with E-state index >= 15 is 0 Å². The first kappa shape index (κ1) is 11.9. The predicted octanol–water partition coefficient (Wildman–Crippen LogP) is 0.378. The summed E-state index contributed by atoms with van der Waals surface area (Å²) in [6.45, 7) is 1.12. The van der Waals surface area contributed by atoms with E-state index in [1.54, 1.807) is 24.3 Å². The van der Waals surface area contributed by atoms with E-state index in [9.17, 15) is 15.0 Å². The van der Waals surface area contributed by atoms with Gasteiger partial charge in [-0.05, 0) is 11.6 Å². The summed E-state index contributed by atoms with van der Waals surface area (Å²) in [5, 5.41) is 22.0. The molecule has 1 aromatic rings. The van der Waals surface area contributed by atoms with Crippen molar-refractivity contribution in [2.45, 2.75) is 12.0 Å². The Morgan fingerprint density at radius 2 is 2.24 bits per heavy atom. The zero-order valence-electron chi connectivity index (χ0n) is 9.35. The monoisotopic (exact) mass is 237 g/mol. The lowest BCUT2D eigenvalue weighted by Gasteiger charge is -2.34. The summed E-state index contributed by atoms with van der Waals surface area (Å²) >= 11 is 0. The zero-order valence-corrected chi connectivity index (χ0v) is 9.35. The molecule has 2 rings (SSSR count). The molecule has 0 aliphatic carbocycles. The van der Waals surface area contributed by atoms with Crippen molar-refractivity contribution in [1.29, 1.82) is 0 Å². The first-order chi connectivity index (χ1) is 8.14. The third-order valence-electron chi connectivity index (χ3n) is 2.95. The maximum atomic E-state index is 11.4. The quantitative estimate of drug-likeness (QED) is 0.708. The maximum absolute atomic E-state index is 11.4. The maximum Gasteiger partial charge on any atom is 0.326 e. The van der Waals surface area contributed by atoms with Gasteiger partial charge in [0.15, 0.2) is 0 Å². The van der Waals surface area contributed by atoms with E-state index in [2.05, 4.69) is 5.32 Å². The summed E-state index contributed by atoms with van der Waals surface area (Å²) in [5.74, 6) is -0.846. The Kier molecular flexibility index (Phi) is 3.31. The minimum atomic E-state index is -1.14. The van der Waals surface area contributed by atoms with E-state index in [1.165, 1.54) is 0 Å². The van der Waals surface area contributed by atoms with Crippen LogP contribution in [-0.2, 0) is 16.0 Å². The average Bonchev–Trinajstić information content (AvgIpc) is 2.33. The molecular formula is C12H15NO4. The number of nitrogens with one attached hydrogen (secondary N) is 1. The number of hydrogen-bond acceptors (Lipinski definition) is 4. The van der Waals surface area contributed by atoms with Gasteiger partial charge in [0.05, 0.1) is 13.2 Å². The van der Waals surface area contributed by atoms with Crippen molar-refractivity contribution in [3.63, 3.8) is 0 Å². The van der Waals surface area contributed by atoms with E-state index < -0.39 is 11.5 Å². The van der Waals surface area contributed by atoms with Gasteiger partial charge in [0.2, 0.25) is 0 Å².